The van der Waals surface area contributed by atoms with Crippen LogP contribution >= 0.6 is 0 Å². The Morgan fingerprint density at radius 1 is 1.07 bits per heavy atom. The largest absolute Gasteiger partial charge is 0.457 e. The lowest BCUT2D eigenvalue weighted by molar-refractivity contribution is -0.296. The number of carbonyl (C=O) groups is 3. The zero-order valence-corrected chi connectivity index (χ0v) is 35.8. The lowest BCUT2D eigenvalue weighted by Gasteiger charge is -2.47. The minimum absolute atomic E-state index is 0.0310. The summed E-state index contributed by atoms with van der Waals surface area (Å²) in [6, 6.07) is 9.04. The summed E-state index contributed by atoms with van der Waals surface area (Å²) in [5, 5.41) is 12.7. The third kappa shape index (κ3) is 8.68. The van der Waals surface area contributed by atoms with E-state index in [2.05, 4.69) is 23.7 Å². The summed E-state index contributed by atoms with van der Waals surface area (Å²) in [7, 11) is 3.80. The van der Waals surface area contributed by atoms with Crippen molar-refractivity contribution in [3.63, 3.8) is 0 Å². The number of aliphatic hydroxyl groups excluding tert-OH is 1. The highest BCUT2D eigenvalue weighted by molar-refractivity contribution is 6.00. The lowest BCUT2D eigenvalue weighted by atomic mass is 9.73. The molecule has 3 fully saturated rings. The van der Waals surface area contributed by atoms with E-state index >= 15 is 0 Å². The van der Waals surface area contributed by atoms with E-state index in [1.807, 2.05) is 83.9 Å². The van der Waals surface area contributed by atoms with Crippen LogP contribution in [-0.4, -0.2) is 131 Å². The Morgan fingerprint density at radius 3 is 2.53 bits per heavy atom. The van der Waals surface area contributed by atoms with Gasteiger partial charge in [0.1, 0.15) is 24.7 Å². The summed E-state index contributed by atoms with van der Waals surface area (Å²) in [5.41, 5.74) is 0.00849. The number of aliphatic hydroxyl groups is 1. The Hall–Kier alpha value is -3.93. The monoisotopic (exact) mass is 802 g/mol. The summed E-state index contributed by atoms with van der Waals surface area (Å²) in [6.45, 7) is 15.7. The van der Waals surface area contributed by atoms with Gasteiger partial charge < -0.3 is 33.7 Å². The van der Waals surface area contributed by atoms with E-state index < -0.39 is 71.5 Å². The van der Waals surface area contributed by atoms with Crippen LogP contribution in [0.15, 0.2) is 41.5 Å². The van der Waals surface area contributed by atoms with Crippen molar-refractivity contribution in [2.45, 2.75) is 135 Å². The summed E-state index contributed by atoms with van der Waals surface area (Å²) < 4.78 is 32.4. The molecule has 316 valence electrons. The molecule has 0 aliphatic carbocycles. The molecule has 0 radical (unpaired) electrons. The van der Waals surface area contributed by atoms with Gasteiger partial charge in [-0.1, -0.05) is 64.2 Å². The van der Waals surface area contributed by atoms with Crippen molar-refractivity contribution < 1.29 is 43.2 Å². The number of Topliss-reactive ketones (excluding diaryl/α,β-unsaturated/α-hetero) is 1. The zero-order valence-electron chi connectivity index (χ0n) is 35.8. The number of ketones is 1. The Balaban J connectivity index is 1.43. The summed E-state index contributed by atoms with van der Waals surface area (Å²) in [6.07, 6.45) is -0.986. The maximum Gasteiger partial charge on any atom is 0.410 e. The number of pyridine rings is 1. The van der Waals surface area contributed by atoms with Crippen LogP contribution in [0.2, 0.25) is 0 Å². The molecule has 0 spiro atoms. The van der Waals surface area contributed by atoms with Gasteiger partial charge in [0.2, 0.25) is 0 Å². The first-order valence-corrected chi connectivity index (χ1v) is 20.9. The molecule has 1 unspecified atom stereocenters. The second-order valence-corrected chi connectivity index (χ2v) is 17.5. The van der Waals surface area contributed by atoms with Crippen LogP contribution in [0.5, 0.6) is 0 Å². The Labute approximate surface area is 343 Å². The minimum atomic E-state index is -1.25. The summed E-state index contributed by atoms with van der Waals surface area (Å²) in [5.74, 6) is 2.55. The molecule has 6 rings (SSSR count). The van der Waals surface area contributed by atoms with Crippen molar-refractivity contribution in [2.24, 2.45) is 28.7 Å². The highest BCUT2D eigenvalue weighted by Gasteiger charge is 2.60. The molecule has 4 aliphatic rings. The van der Waals surface area contributed by atoms with Crippen molar-refractivity contribution in [1.82, 2.24) is 14.8 Å². The Morgan fingerprint density at radius 2 is 1.81 bits per heavy atom. The van der Waals surface area contributed by atoms with E-state index in [1.165, 1.54) is 0 Å². The van der Waals surface area contributed by atoms with Crippen molar-refractivity contribution in [1.29, 1.82) is 0 Å². The highest BCUT2D eigenvalue weighted by atomic mass is 16.7. The maximum atomic E-state index is 14.6. The van der Waals surface area contributed by atoms with Crippen LogP contribution in [-0.2, 0) is 33.3 Å². The van der Waals surface area contributed by atoms with Gasteiger partial charge in [0.25, 0.3) is 0 Å². The minimum Gasteiger partial charge on any atom is -0.457 e. The molecule has 58 heavy (non-hydrogen) atoms. The number of ether oxygens (including phenoxy) is 5. The van der Waals surface area contributed by atoms with Crippen LogP contribution in [0, 0.1) is 35.5 Å². The molecular formula is C45H62N4O9. The number of nitrogens with zero attached hydrogens (tertiary/aromatic N) is 4. The van der Waals surface area contributed by atoms with E-state index in [-0.39, 0.29) is 30.6 Å². The number of amides is 1. The standard InChI is InChI=1S/C45H62N4O9/c1-11-15-35-45(8)39-28(4)36(46-19-20-49(39)43(53)58-45)26(2)24-44(7,54-21-14-16-31-23-32-17-12-13-18-33(32)47-25-31)40(29(5)37(50)30(6)41(52)56-35)57-42-38(51)34(48(9)10)22-27(3)55-42/h12-13,17-18,23,25-30,34-35,38-40,42,51H,11,15,19-22,24H2,1-10H3/t26-,27+,28+,29+,30-,34-,35-,38?,39-,40-,42-,44+,45-/m1/s1. The number of likely N-dealkylation sites (N-methyl/N-ethyl adjacent to an activating group) is 1. The van der Waals surface area contributed by atoms with Gasteiger partial charge in [-0.05, 0) is 79.1 Å². The number of cyclic esters (lactones) is 1. The number of rotatable bonds is 7. The molecular weight excluding hydrogens is 741 g/mol. The molecule has 0 saturated carbocycles. The van der Waals surface area contributed by atoms with E-state index in [9.17, 15) is 19.5 Å². The fourth-order valence-electron chi connectivity index (χ4n) is 9.84. The molecule has 13 nitrogen and oxygen atoms in total. The van der Waals surface area contributed by atoms with Crippen LogP contribution in [0.25, 0.3) is 10.9 Å². The normalized spacial score (nSPS) is 37.3. The number of para-hydroxylation sites is 1. The van der Waals surface area contributed by atoms with Crippen molar-refractivity contribution in [3.8, 4) is 11.8 Å². The first-order valence-electron chi connectivity index (χ1n) is 20.9. The van der Waals surface area contributed by atoms with Crippen molar-refractivity contribution in [2.75, 3.05) is 33.8 Å². The smallest absolute Gasteiger partial charge is 0.410 e. The number of esters is 1. The van der Waals surface area contributed by atoms with Gasteiger partial charge in [0.15, 0.2) is 17.7 Å². The van der Waals surface area contributed by atoms with Crippen LogP contribution in [0.3, 0.4) is 0 Å². The number of carbonyl (C=O) groups excluding carboxylic acids is 3. The quantitative estimate of drug-likeness (QED) is 0.217. The van der Waals surface area contributed by atoms with Gasteiger partial charge in [-0.25, -0.2) is 4.79 Å². The first-order chi connectivity index (χ1) is 27.5. The second-order valence-electron chi connectivity index (χ2n) is 17.5. The Kier molecular flexibility index (Phi) is 13.3. The molecule has 1 aromatic heterocycles. The molecule has 1 aromatic carbocycles. The molecule has 4 aliphatic heterocycles. The predicted molar refractivity (Wildman–Crippen MR) is 219 cm³/mol. The van der Waals surface area contributed by atoms with Gasteiger partial charge in [-0.15, -0.1) is 0 Å². The molecule has 13 heteroatoms. The second kappa shape index (κ2) is 17.7. The van der Waals surface area contributed by atoms with E-state index in [0.717, 1.165) is 22.2 Å². The number of aromatic nitrogens is 1. The number of aliphatic imine (C=N–C) groups is 1. The van der Waals surface area contributed by atoms with Gasteiger partial charge >= 0.3 is 12.1 Å². The topological polar surface area (TPSA) is 149 Å². The van der Waals surface area contributed by atoms with Crippen molar-refractivity contribution >= 4 is 34.5 Å². The van der Waals surface area contributed by atoms with E-state index in [0.29, 0.717) is 38.8 Å². The van der Waals surface area contributed by atoms with Crippen LogP contribution in [0.1, 0.15) is 86.6 Å². The molecule has 2 bridgehead atoms. The number of hydrogen-bond acceptors (Lipinski definition) is 12. The van der Waals surface area contributed by atoms with E-state index in [4.69, 9.17) is 28.7 Å². The third-order valence-electron chi connectivity index (χ3n) is 12.8. The number of hydrogen-bond donors (Lipinski definition) is 1. The Bertz CT molecular complexity index is 1930. The van der Waals surface area contributed by atoms with E-state index in [1.54, 1.807) is 24.9 Å². The summed E-state index contributed by atoms with van der Waals surface area (Å²) >= 11 is 0. The lowest BCUT2D eigenvalue weighted by Crippen LogP contribution is -2.60. The van der Waals surface area contributed by atoms with Gasteiger partial charge in [-0.3, -0.25) is 24.5 Å². The SMILES string of the molecule is CCC[C@H]1OC(=O)[C@H](C)C(=O)[C@H](C)[C@@H](O[C@H]2O[C@@H](C)C[C@@H](N(C)C)C2O)[C@@](C)(OCC#Cc2cnc3ccccc3c2)C[C@@H](C)C2=NCCN3C(=O)O[C@@]1(C)[C@H]3[C@H]2C. The average Bonchev–Trinajstić information content (AvgIpc) is 3.31. The van der Waals surface area contributed by atoms with Crippen LogP contribution < -0.4 is 0 Å². The predicted octanol–water partition coefficient (Wildman–Crippen LogP) is 5.44. The molecule has 1 amide bonds. The molecule has 5 heterocycles. The molecule has 1 N–H and O–H groups in total. The summed E-state index contributed by atoms with van der Waals surface area (Å²) in [4.78, 5) is 55.6. The highest BCUT2D eigenvalue weighted by Crippen LogP contribution is 2.44. The zero-order chi connectivity index (χ0) is 42.1. The van der Waals surface area contributed by atoms with Crippen molar-refractivity contribution in [3.05, 3.63) is 42.1 Å². The van der Waals surface area contributed by atoms with Gasteiger partial charge in [0, 0.05) is 47.3 Å². The van der Waals surface area contributed by atoms with Gasteiger partial charge in [-0.2, -0.15) is 0 Å². The molecule has 2 aromatic rings. The fraction of sp³-hybridized carbons (Fsp3) is 0.667. The van der Waals surface area contributed by atoms with Gasteiger partial charge in [0.05, 0.1) is 35.9 Å². The number of benzene rings is 1. The maximum absolute atomic E-state index is 14.6. The van der Waals surface area contributed by atoms with Crippen LogP contribution in [0.4, 0.5) is 4.79 Å². The number of fused-ring (bicyclic) bond motifs is 2. The molecule has 3 saturated heterocycles. The fourth-order valence-corrected chi connectivity index (χ4v) is 9.84. The average molecular weight is 803 g/mol. The first kappa shape index (κ1) is 43.6. The molecule has 13 atom stereocenters. The third-order valence-corrected chi connectivity index (χ3v) is 12.8.